The summed E-state index contributed by atoms with van der Waals surface area (Å²) in [7, 11) is 0. The summed E-state index contributed by atoms with van der Waals surface area (Å²) >= 11 is 0. The van der Waals surface area contributed by atoms with Crippen LogP contribution in [0.1, 0.15) is 44.2 Å². The summed E-state index contributed by atoms with van der Waals surface area (Å²) in [5.41, 5.74) is 3.17. The van der Waals surface area contributed by atoms with Crippen molar-refractivity contribution in [3.63, 3.8) is 0 Å². The molecule has 0 aliphatic heterocycles. The summed E-state index contributed by atoms with van der Waals surface area (Å²) in [6.07, 6.45) is 1.48. The molecule has 6 heteroatoms. The van der Waals surface area contributed by atoms with Crippen LogP contribution in [-0.2, 0) is 20.8 Å². The number of nitrogens with one attached hydrogen (secondary N) is 2. The quantitative estimate of drug-likeness (QED) is 0.244. The molecule has 40 heavy (non-hydrogen) atoms. The van der Waals surface area contributed by atoms with Crippen molar-refractivity contribution in [3.8, 4) is 22.4 Å². The number of hydrogen-bond acceptors (Lipinski definition) is 4. The van der Waals surface area contributed by atoms with Crippen LogP contribution in [0.5, 0.6) is 0 Å². The molecule has 0 aliphatic rings. The Hall–Kier alpha value is -4.58. The van der Waals surface area contributed by atoms with Crippen LogP contribution in [0.4, 0.5) is 0 Å². The number of aromatic nitrogens is 1. The Kier molecular flexibility index (Phi) is 7.79. The smallest absolute Gasteiger partial charge is 0.227 e. The number of benzene rings is 3. The Morgan fingerprint density at radius 2 is 1.60 bits per heavy atom. The topological polar surface area (TPSA) is 88.2 Å². The van der Waals surface area contributed by atoms with E-state index in [-0.39, 0.29) is 35.2 Å². The predicted octanol–water partition coefficient (Wildman–Crippen LogP) is 5.59. The lowest BCUT2D eigenvalue weighted by Crippen LogP contribution is -2.39. The van der Waals surface area contributed by atoms with Gasteiger partial charge in [-0.2, -0.15) is 0 Å². The van der Waals surface area contributed by atoms with Gasteiger partial charge in [0.1, 0.15) is 0 Å². The van der Waals surface area contributed by atoms with Crippen molar-refractivity contribution >= 4 is 17.6 Å². The van der Waals surface area contributed by atoms with Crippen LogP contribution in [-0.4, -0.2) is 35.6 Å². The molecule has 6 nitrogen and oxygen atoms in total. The normalized spacial score (nSPS) is 14.9. The van der Waals surface area contributed by atoms with Crippen molar-refractivity contribution in [2.75, 3.05) is 13.0 Å². The van der Waals surface area contributed by atoms with E-state index in [0.29, 0.717) is 12.1 Å². The van der Waals surface area contributed by atoms with Crippen molar-refractivity contribution < 1.29 is 21.2 Å². The van der Waals surface area contributed by atoms with Gasteiger partial charge in [-0.3, -0.25) is 19.4 Å². The fourth-order valence-electron chi connectivity index (χ4n) is 4.24. The second kappa shape index (κ2) is 14.0. The summed E-state index contributed by atoms with van der Waals surface area (Å²) < 4.78 is 41.4. The summed E-state index contributed by atoms with van der Waals surface area (Å²) in [4.78, 5) is 43.3. The molecule has 0 radical (unpaired) electrons. The first-order valence-electron chi connectivity index (χ1n) is 15.8. The number of pyridine rings is 1. The predicted molar refractivity (Wildman–Crippen MR) is 158 cm³/mol. The first kappa shape index (κ1) is 22.3. The van der Waals surface area contributed by atoms with Gasteiger partial charge in [-0.05, 0) is 52.8 Å². The number of ketones is 1. The maximum absolute atomic E-state index is 13.4. The van der Waals surface area contributed by atoms with Gasteiger partial charge in [-0.15, -0.1) is 0 Å². The lowest BCUT2D eigenvalue weighted by Gasteiger charge is -2.20. The third-order valence-electron chi connectivity index (χ3n) is 6.15. The molecule has 1 heterocycles. The van der Waals surface area contributed by atoms with E-state index < -0.39 is 43.0 Å². The van der Waals surface area contributed by atoms with Gasteiger partial charge in [0.2, 0.25) is 11.8 Å². The third-order valence-corrected chi connectivity index (χ3v) is 6.15. The minimum atomic E-state index is -1.86. The minimum absolute atomic E-state index is 0.00814. The molecule has 0 fully saturated rings. The van der Waals surface area contributed by atoms with Crippen LogP contribution in [0.15, 0.2) is 103 Å². The number of carbonyl (C=O) groups excluding carboxylic acids is 3. The van der Waals surface area contributed by atoms with Gasteiger partial charge in [0.05, 0.1) is 37.9 Å². The second-order valence-corrected chi connectivity index (χ2v) is 9.74. The maximum Gasteiger partial charge on any atom is 0.227 e. The molecule has 1 aromatic heterocycles. The fraction of sp³-hybridized carbons (Fsp3) is 0.235. The first-order valence-corrected chi connectivity index (χ1v) is 13.1. The fourth-order valence-corrected chi connectivity index (χ4v) is 4.24. The van der Waals surface area contributed by atoms with E-state index in [4.69, 9.17) is 6.85 Å². The lowest BCUT2D eigenvalue weighted by molar-refractivity contribution is -0.127. The largest absolute Gasteiger partial charge is 0.349 e. The van der Waals surface area contributed by atoms with Gasteiger partial charge in [0, 0.05) is 11.8 Å². The molecular weight excluding hydrogens is 498 g/mol. The van der Waals surface area contributed by atoms with Crippen molar-refractivity contribution in [2.45, 2.75) is 32.6 Å². The van der Waals surface area contributed by atoms with Gasteiger partial charge < -0.3 is 10.6 Å². The van der Waals surface area contributed by atoms with Crippen LogP contribution in [0.2, 0.25) is 0 Å². The standard InChI is InChI=1S/C34H35N3O3/c1-24(2)18-31(28-14-9-13-27(21-28)26-11-4-3-5-12-26)34(40)37-23-30(38)22-36-33(39)20-25-10-8-15-29(19-25)32-16-6-7-17-35-32/h3-17,19,21,24,31H,18,20,22-23H2,1-2H3,(H,36,39)(H,37,40)/t31-/m0/s1/i10T,15T,19T,22T,23T/t22?,23?,31-. The molecule has 2 N–H and O–H groups in total. The number of Topliss-reactive ketones (excluding diaryl/α,β-unsaturated/α-hetero) is 1. The summed E-state index contributed by atoms with van der Waals surface area (Å²) in [6.45, 7) is 0.284. The Balaban J connectivity index is 1.43. The van der Waals surface area contributed by atoms with Gasteiger partial charge in [-0.1, -0.05) is 92.7 Å². The second-order valence-electron chi connectivity index (χ2n) is 9.74. The molecule has 4 aromatic rings. The zero-order valence-corrected chi connectivity index (χ0v) is 22.5. The zero-order valence-electron chi connectivity index (χ0n) is 27.5. The van der Waals surface area contributed by atoms with Crippen LogP contribution in [0.25, 0.3) is 22.4 Å². The minimum Gasteiger partial charge on any atom is -0.349 e. The number of carbonyl (C=O) groups is 3. The molecule has 2 amide bonds. The van der Waals surface area contributed by atoms with E-state index in [1.54, 1.807) is 18.2 Å². The van der Waals surface area contributed by atoms with E-state index in [1.165, 1.54) is 12.3 Å². The number of hydrogen-bond donors (Lipinski definition) is 2. The Labute approximate surface area is 242 Å². The summed E-state index contributed by atoms with van der Waals surface area (Å²) in [6, 6.07) is 23.0. The molecule has 4 rings (SSSR count). The molecule has 204 valence electrons. The number of rotatable bonds is 12. The van der Waals surface area contributed by atoms with Gasteiger partial charge in [0.25, 0.3) is 0 Å². The zero-order chi connectivity index (χ0) is 32.7. The van der Waals surface area contributed by atoms with Gasteiger partial charge in [0.15, 0.2) is 5.78 Å². The molecule has 3 aromatic carbocycles. The number of nitrogens with zero attached hydrogens (tertiary/aromatic N) is 1. The van der Waals surface area contributed by atoms with Crippen LogP contribution in [0.3, 0.4) is 0 Å². The highest BCUT2D eigenvalue weighted by molar-refractivity contribution is 5.92. The van der Waals surface area contributed by atoms with Crippen LogP contribution in [0, 0.1) is 5.92 Å². The van der Waals surface area contributed by atoms with Crippen molar-refractivity contribution in [1.29, 1.82) is 0 Å². The van der Waals surface area contributed by atoms with E-state index in [2.05, 4.69) is 15.6 Å². The summed E-state index contributed by atoms with van der Waals surface area (Å²) in [5.74, 6) is -2.89. The molecule has 0 saturated heterocycles. The summed E-state index contributed by atoms with van der Waals surface area (Å²) in [5, 5.41) is 4.62. The Bertz CT molecular complexity index is 1670. The number of amides is 2. The van der Waals surface area contributed by atoms with E-state index >= 15 is 0 Å². The van der Waals surface area contributed by atoms with Gasteiger partial charge >= 0.3 is 0 Å². The molecule has 0 spiro atoms. The van der Waals surface area contributed by atoms with E-state index in [9.17, 15) is 14.4 Å². The van der Waals surface area contributed by atoms with Crippen molar-refractivity contribution in [1.82, 2.24) is 15.6 Å². The molecule has 0 bridgehead atoms. The Morgan fingerprint density at radius 1 is 0.850 bits per heavy atom. The highest BCUT2D eigenvalue weighted by Crippen LogP contribution is 2.28. The highest BCUT2D eigenvalue weighted by Gasteiger charge is 2.23. The third kappa shape index (κ3) is 8.21. The average molecular weight is 544 g/mol. The maximum atomic E-state index is 13.4. The van der Waals surface area contributed by atoms with Crippen LogP contribution >= 0.6 is 0 Å². The molecule has 0 aliphatic carbocycles. The molecule has 2 unspecified atom stereocenters. The molecular formula is C34H35N3O3. The molecule has 0 saturated carbocycles. The highest BCUT2D eigenvalue weighted by atomic mass is 16.2. The van der Waals surface area contributed by atoms with Gasteiger partial charge in [-0.25, -0.2) is 0 Å². The Morgan fingerprint density at radius 3 is 2.35 bits per heavy atom. The monoisotopic (exact) mass is 543 g/mol. The van der Waals surface area contributed by atoms with Crippen LogP contribution < -0.4 is 10.6 Å². The van der Waals surface area contributed by atoms with E-state index in [0.717, 1.165) is 16.7 Å². The average Bonchev–Trinajstić information content (AvgIpc) is 3.02. The van der Waals surface area contributed by atoms with Crippen molar-refractivity contribution in [3.05, 3.63) is 114 Å². The lowest BCUT2D eigenvalue weighted by atomic mass is 9.88. The van der Waals surface area contributed by atoms with E-state index in [1.807, 2.05) is 68.4 Å². The van der Waals surface area contributed by atoms with Crippen molar-refractivity contribution in [2.24, 2.45) is 5.92 Å². The SMILES string of the molecule is [3H]c1cc([3H])c(-c2ccccn2)c([3H])c1CC(=O)NC([3H])C(=O)C([3H])NC(=O)[C@@H](CC(C)C)c1cccc(-c2ccccc2)c1. The molecule has 3 atom stereocenters. The first-order chi connectivity index (χ1) is 21.5.